The van der Waals surface area contributed by atoms with Crippen molar-refractivity contribution in [3.63, 3.8) is 0 Å². The Balaban J connectivity index is 1.39. The van der Waals surface area contributed by atoms with Crippen molar-refractivity contribution in [3.8, 4) is 5.75 Å². The minimum atomic E-state index is -0.287. The molecule has 32 heavy (non-hydrogen) atoms. The fourth-order valence-electron chi connectivity index (χ4n) is 3.26. The number of carbonyl (C=O) groups is 2. The predicted octanol–water partition coefficient (Wildman–Crippen LogP) is 4.58. The van der Waals surface area contributed by atoms with Crippen LogP contribution in [0.25, 0.3) is 10.9 Å². The number of carbonyl (C=O) groups excluding carboxylic acids is 2. The van der Waals surface area contributed by atoms with E-state index in [0.29, 0.717) is 28.3 Å². The average molecular weight is 426 g/mol. The highest BCUT2D eigenvalue weighted by atomic mass is 16.5. The third kappa shape index (κ3) is 4.52. The first-order valence-corrected chi connectivity index (χ1v) is 10.0. The van der Waals surface area contributed by atoms with E-state index in [1.807, 2.05) is 36.4 Å². The van der Waals surface area contributed by atoms with Crippen LogP contribution in [0.3, 0.4) is 0 Å². The number of hydrogen-bond donors (Lipinski definition) is 3. The zero-order valence-electron chi connectivity index (χ0n) is 17.7. The SMILES string of the molecule is COc1ccc(C(=O)Nc2ccc(/C(C)=N/NC(=O)c3c[nH]c4ccccc34)cc2)cc1. The minimum absolute atomic E-state index is 0.211. The molecule has 0 aliphatic rings. The number of nitrogens with zero attached hydrogens (tertiary/aromatic N) is 1. The maximum absolute atomic E-state index is 12.5. The van der Waals surface area contributed by atoms with E-state index in [-0.39, 0.29) is 11.8 Å². The maximum atomic E-state index is 12.5. The smallest absolute Gasteiger partial charge is 0.273 e. The average Bonchev–Trinajstić information content (AvgIpc) is 3.27. The molecule has 0 unspecified atom stereocenters. The number of fused-ring (bicyclic) bond motifs is 1. The predicted molar refractivity (Wildman–Crippen MR) is 125 cm³/mol. The normalized spacial score (nSPS) is 11.2. The molecule has 0 bridgehead atoms. The van der Waals surface area contributed by atoms with E-state index in [2.05, 4.69) is 20.8 Å². The van der Waals surface area contributed by atoms with E-state index < -0.39 is 0 Å². The molecule has 1 heterocycles. The molecule has 0 spiro atoms. The van der Waals surface area contributed by atoms with Crippen LogP contribution < -0.4 is 15.5 Å². The van der Waals surface area contributed by atoms with Gasteiger partial charge in [-0.05, 0) is 55.0 Å². The highest BCUT2D eigenvalue weighted by Gasteiger charge is 2.11. The van der Waals surface area contributed by atoms with Crippen molar-refractivity contribution in [1.29, 1.82) is 0 Å². The highest BCUT2D eigenvalue weighted by Crippen LogP contribution is 2.18. The Bertz CT molecular complexity index is 1290. The molecule has 1 aromatic heterocycles. The van der Waals surface area contributed by atoms with E-state index >= 15 is 0 Å². The van der Waals surface area contributed by atoms with E-state index in [1.54, 1.807) is 56.6 Å². The van der Waals surface area contributed by atoms with Crippen LogP contribution in [0.4, 0.5) is 5.69 Å². The van der Waals surface area contributed by atoms with Crippen molar-refractivity contribution in [2.45, 2.75) is 6.92 Å². The molecule has 0 aliphatic heterocycles. The number of ether oxygens (including phenoxy) is 1. The van der Waals surface area contributed by atoms with Gasteiger partial charge >= 0.3 is 0 Å². The Hall–Kier alpha value is -4.39. The van der Waals surface area contributed by atoms with Gasteiger partial charge in [0, 0.05) is 28.4 Å². The van der Waals surface area contributed by atoms with E-state index in [1.165, 1.54) is 0 Å². The summed E-state index contributed by atoms with van der Waals surface area (Å²) in [5.41, 5.74) is 6.69. The lowest BCUT2D eigenvalue weighted by molar-refractivity contribution is 0.0955. The van der Waals surface area contributed by atoms with Gasteiger partial charge in [-0.15, -0.1) is 0 Å². The molecule has 7 nitrogen and oxygen atoms in total. The zero-order valence-corrected chi connectivity index (χ0v) is 17.7. The molecule has 4 rings (SSSR count). The van der Waals surface area contributed by atoms with Crippen molar-refractivity contribution in [2.24, 2.45) is 5.10 Å². The molecule has 3 aromatic carbocycles. The third-order valence-electron chi connectivity index (χ3n) is 5.07. The summed E-state index contributed by atoms with van der Waals surface area (Å²) >= 11 is 0. The number of rotatable bonds is 6. The largest absolute Gasteiger partial charge is 0.497 e. The number of benzene rings is 3. The Morgan fingerprint density at radius 2 is 1.56 bits per heavy atom. The van der Waals surface area contributed by atoms with Gasteiger partial charge in [0.25, 0.3) is 11.8 Å². The molecule has 0 radical (unpaired) electrons. The van der Waals surface area contributed by atoms with Crippen LogP contribution in [0.1, 0.15) is 33.2 Å². The van der Waals surface area contributed by atoms with Gasteiger partial charge in [-0.3, -0.25) is 9.59 Å². The third-order valence-corrected chi connectivity index (χ3v) is 5.07. The number of aromatic nitrogens is 1. The Morgan fingerprint density at radius 1 is 0.875 bits per heavy atom. The first-order valence-electron chi connectivity index (χ1n) is 10.0. The van der Waals surface area contributed by atoms with Gasteiger partial charge in [-0.2, -0.15) is 5.10 Å². The number of aromatic amines is 1. The lowest BCUT2D eigenvalue weighted by atomic mass is 10.1. The first kappa shape index (κ1) is 20.9. The van der Waals surface area contributed by atoms with Gasteiger partial charge in [0.2, 0.25) is 0 Å². The van der Waals surface area contributed by atoms with Crippen molar-refractivity contribution in [3.05, 3.63) is 95.7 Å². The molecule has 0 saturated carbocycles. The van der Waals surface area contributed by atoms with E-state index in [0.717, 1.165) is 16.5 Å². The van der Waals surface area contributed by atoms with Crippen molar-refractivity contribution in [2.75, 3.05) is 12.4 Å². The number of nitrogens with one attached hydrogen (secondary N) is 3. The van der Waals surface area contributed by atoms with Gasteiger partial charge in [0.15, 0.2) is 0 Å². The van der Waals surface area contributed by atoms with Gasteiger partial charge < -0.3 is 15.0 Å². The number of amides is 2. The van der Waals surface area contributed by atoms with E-state index in [9.17, 15) is 9.59 Å². The van der Waals surface area contributed by atoms with Crippen LogP contribution in [0.15, 0.2) is 84.1 Å². The maximum Gasteiger partial charge on any atom is 0.273 e. The summed E-state index contributed by atoms with van der Waals surface area (Å²) < 4.78 is 5.11. The molecular formula is C25H22N4O3. The van der Waals surface area contributed by atoms with Crippen LogP contribution in [0.2, 0.25) is 0 Å². The molecule has 0 aliphatic carbocycles. The van der Waals surface area contributed by atoms with Crippen LogP contribution in [-0.2, 0) is 0 Å². The summed E-state index contributed by atoms with van der Waals surface area (Å²) in [7, 11) is 1.58. The molecule has 2 amide bonds. The Labute approximate surface area is 185 Å². The van der Waals surface area contributed by atoms with Crippen LogP contribution in [0, 0.1) is 0 Å². The fourth-order valence-corrected chi connectivity index (χ4v) is 3.26. The molecule has 3 N–H and O–H groups in total. The monoisotopic (exact) mass is 426 g/mol. The Morgan fingerprint density at radius 3 is 2.28 bits per heavy atom. The molecule has 0 atom stereocenters. The lowest BCUT2D eigenvalue weighted by Crippen LogP contribution is -2.19. The molecule has 4 aromatic rings. The van der Waals surface area contributed by atoms with Crippen molar-refractivity contribution in [1.82, 2.24) is 10.4 Å². The molecule has 7 heteroatoms. The number of para-hydroxylation sites is 1. The van der Waals surface area contributed by atoms with Crippen LogP contribution in [-0.4, -0.2) is 29.6 Å². The van der Waals surface area contributed by atoms with Crippen LogP contribution in [0.5, 0.6) is 5.75 Å². The number of hydrogen-bond acceptors (Lipinski definition) is 4. The van der Waals surface area contributed by atoms with Crippen molar-refractivity contribution >= 4 is 34.1 Å². The minimum Gasteiger partial charge on any atom is -0.497 e. The van der Waals surface area contributed by atoms with E-state index in [4.69, 9.17) is 4.74 Å². The Kier molecular flexibility index (Phi) is 5.98. The fraction of sp³-hybridized carbons (Fsp3) is 0.0800. The molecular weight excluding hydrogens is 404 g/mol. The summed E-state index contributed by atoms with van der Waals surface area (Å²) in [6.45, 7) is 1.81. The highest BCUT2D eigenvalue weighted by molar-refractivity contribution is 6.08. The number of H-pyrrole nitrogens is 1. The number of anilines is 1. The van der Waals surface area contributed by atoms with Gasteiger partial charge in [0.1, 0.15) is 5.75 Å². The molecule has 0 fully saturated rings. The van der Waals surface area contributed by atoms with Crippen LogP contribution >= 0.6 is 0 Å². The standard InChI is InChI=1S/C25H22N4O3/c1-16(28-29-25(31)22-15-26-23-6-4-3-5-21(22)23)17-7-11-19(12-8-17)27-24(30)18-9-13-20(32-2)14-10-18/h3-15,26H,1-2H3,(H,27,30)(H,29,31)/b28-16+. The molecule has 0 saturated heterocycles. The second-order valence-corrected chi connectivity index (χ2v) is 7.15. The zero-order chi connectivity index (χ0) is 22.5. The van der Waals surface area contributed by atoms with Crippen molar-refractivity contribution < 1.29 is 14.3 Å². The quantitative estimate of drug-likeness (QED) is 0.311. The summed E-state index contributed by atoms with van der Waals surface area (Å²) in [4.78, 5) is 28.0. The van der Waals surface area contributed by atoms with Gasteiger partial charge in [0.05, 0.1) is 18.4 Å². The first-order chi connectivity index (χ1) is 15.5. The summed E-state index contributed by atoms with van der Waals surface area (Å²) in [5.74, 6) is 0.194. The van der Waals surface area contributed by atoms with Gasteiger partial charge in [-0.25, -0.2) is 5.43 Å². The topological polar surface area (TPSA) is 95.6 Å². The second-order valence-electron chi connectivity index (χ2n) is 7.15. The summed E-state index contributed by atoms with van der Waals surface area (Å²) in [6.07, 6.45) is 1.67. The summed E-state index contributed by atoms with van der Waals surface area (Å²) in [6, 6.07) is 21.7. The number of hydrazone groups is 1. The van der Waals surface area contributed by atoms with Gasteiger partial charge in [-0.1, -0.05) is 30.3 Å². The summed E-state index contributed by atoms with van der Waals surface area (Å²) in [5, 5.41) is 7.91. The number of methoxy groups -OCH3 is 1. The molecule has 160 valence electrons. The second kappa shape index (κ2) is 9.18. The lowest BCUT2D eigenvalue weighted by Gasteiger charge is -2.08.